The first kappa shape index (κ1) is 17.0. The van der Waals surface area contributed by atoms with E-state index in [-0.39, 0.29) is 0 Å². The van der Waals surface area contributed by atoms with Crippen LogP contribution in [0.1, 0.15) is 0 Å². The zero-order valence-corrected chi connectivity index (χ0v) is 13.0. The molecular weight excluding hydrogens is 300 g/mol. The highest BCUT2D eigenvalue weighted by Gasteiger charge is 1.86. The van der Waals surface area contributed by atoms with Gasteiger partial charge in [-0.1, -0.05) is 97.1 Å². The molecule has 120 valence electrons. The van der Waals surface area contributed by atoms with E-state index in [1.807, 2.05) is 0 Å². The first-order valence-electron chi connectivity index (χ1n) is 7.46. The molecule has 0 saturated heterocycles. The van der Waals surface area contributed by atoms with Crippen LogP contribution in [0.25, 0.3) is 21.5 Å². The molecule has 0 aliphatic rings. The summed E-state index contributed by atoms with van der Waals surface area (Å²) in [6.45, 7) is 0. The molecular formula is C21H18O3. The van der Waals surface area contributed by atoms with E-state index in [0.717, 1.165) is 0 Å². The molecule has 0 unspecified atom stereocenters. The van der Waals surface area contributed by atoms with Gasteiger partial charge in [-0.25, -0.2) is 4.79 Å². The molecule has 4 rings (SSSR count). The van der Waals surface area contributed by atoms with Crippen molar-refractivity contribution in [3.63, 3.8) is 0 Å². The van der Waals surface area contributed by atoms with Crippen molar-refractivity contribution in [2.45, 2.75) is 0 Å². The lowest BCUT2D eigenvalue weighted by atomic mass is 10.1. The van der Waals surface area contributed by atoms with Gasteiger partial charge in [0.25, 0.3) is 0 Å². The predicted octanol–water partition coefficient (Wildman–Crippen LogP) is 5.90. The van der Waals surface area contributed by atoms with Crippen LogP contribution in [-0.4, -0.2) is 16.4 Å². The van der Waals surface area contributed by atoms with Crippen LogP contribution >= 0.6 is 0 Å². The second-order valence-corrected chi connectivity index (χ2v) is 4.98. The van der Waals surface area contributed by atoms with E-state index >= 15 is 0 Å². The molecule has 24 heavy (non-hydrogen) atoms. The molecule has 0 aromatic heterocycles. The van der Waals surface area contributed by atoms with Crippen molar-refractivity contribution >= 4 is 27.7 Å². The molecule has 0 aliphatic carbocycles. The van der Waals surface area contributed by atoms with Crippen LogP contribution in [0.3, 0.4) is 0 Å². The molecule has 0 amide bonds. The Balaban J connectivity index is 0.000000143. The second-order valence-electron chi connectivity index (χ2n) is 4.98. The SMILES string of the molecule is O=C(O)O.c1ccc2ccccc2c1.c1ccc2ccccc2c1. The summed E-state index contributed by atoms with van der Waals surface area (Å²) in [5, 5.41) is 19.2. The maximum atomic E-state index is 8.56. The van der Waals surface area contributed by atoms with E-state index in [1.165, 1.54) is 21.5 Å². The van der Waals surface area contributed by atoms with Gasteiger partial charge in [-0.3, -0.25) is 0 Å². The van der Waals surface area contributed by atoms with Crippen LogP contribution in [0.15, 0.2) is 97.1 Å². The van der Waals surface area contributed by atoms with Crippen molar-refractivity contribution in [1.29, 1.82) is 0 Å². The highest BCUT2D eigenvalue weighted by Crippen LogP contribution is 2.11. The van der Waals surface area contributed by atoms with Gasteiger partial charge in [0.15, 0.2) is 0 Å². The zero-order chi connectivity index (χ0) is 17.2. The van der Waals surface area contributed by atoms with Gasteiger partial charge in [0.2, 0.25) is 0 Å². The van der Waals surface area contributed by atoms with E-state index in [0.29, 0.717) is 0 Å². The summed E-state index contributed by atoms with van der Waals surface area (Å²) in [5.41, 5.74) is 0. The lowest BCUT2D eigenvalue weighted by Crippen LogP contribution is -1.81. The lowest BCUT2D eigenvalue weighted by Gasteiger charge is -1.92. The highest BCUT2D eigenvalue weighted by atomic mass is 16.6. The van der Waals surface area contributed by atoms with Gasteiger partial charge >= 0.3 is 6.16 Å². The summed E-state index contributed by atoms with van der Waals surface area (Å²) in [6.07, 6.45) is -1.83. The van der Waals surface area contributed by atoms with Crippen molar-refractivity contribution in [1.82, 2.24) is 0 Å². The fourth-order valence-electron chi connectivity index (χ4n) is 2.27. The number of rotatable bonds is 0. The minimum Gasteiger partial charge on any atom is -0.450 e. The van der Waals surface area contributed by atoms with E-state index in [1.54, 1.807) is 0 Å². The monoisotopic (exact) mass is 318 g/mol. The molecule has 0 aliphatic heterocycles. The van der Waals surface area contributed by atoms with Crippen molar-refractivity contribution < 1.29 is 15.0 Å². The maximum Gasteiger partial charge on any atom is 0.503 e. The molecule has 0 heterocycles. The molecule has 0 fully saturated rings. The highest BCUT2D eigenvalue weighted by molar-refractivity contribution is 5.82. The van der Waals surface area contributed by atoms with Crippen LogP contribution in [0.4, 0.5) is 4.79 Å². The van der Waals surface area contributed by atoms with Crippen LogP contribution in [0.2, 0.25) is 0 Å². The summed E-state index contributed by atoms with van der Waals surface area (Å²) in [5.74, 6) is 0. The Morgan fingerprint density at radius 2 is 0.583 bits per heavy atom. The van der Waals surface area contributed by atoms with E-state index in [9.17, 15) is 0 Å². The van der Waals surface area contributed by atoms with Crippen LogP contribution in [0, 0.1) is 0 Å². The largest absolute Gasteiger partial charge is 0.503 e. The smallest absolute Gasteiger partial charge is 0.450 e. The maximum absolute atomic E-state index is 8.56. The molecule has 3 heteroatoms. The Morgan fingerprint density at radius 1 is 0.458 bits per heavy atom. The third-order valence-electron chi connectivity index (χ3n) is 3.32. The fraction of sp³-hybridized carbons (Fsp3) is 0. The predicted molar refractivity (Wildman–Crippen MR) is 98.5 cm³/mol. The van der Waals surface area contributed by atoms with Crippen LogP contribution in [-0.2, 0) is 0 Å². The Morgan fingerprint density at radius 3 is 0.708 bits per heavy atom. The third-order valence-corrected chi connectivity index (χ3v) is 3.32. The van der Waals surface area contributed by atoms with Crippen molar-refractivity contribution in [3.05, 3.63) is 97.1 Å². The van der Waals surface area contributed by atoms with Crippen molar-refractivity contribution in [3.8, 4) is 0 Å². The molecule has 0 saturated carbocycles. The summed E-state index contributed by atoms with van der Waals surface area (Å²) in [7, 11) is 0. The number of fused-ring (bicyclic) bond motifs is 2. The van der Waals surface area contributed by atoms with Gasteiger partial charge in [-0.2, -0.15) is 0 Å². The molecule has 0 radical (unpaired) electrons. The van der Waals surface area contributed by atoms with Gasteiger partial charge in [-0.15, -0.1) is 0 Å². The van der Waals surface area contributed by atoms with Gasteiger partial charge < -0.3 is 10.2 Å². The average molecular weight is 318 g/mol. The topological polar surface area (TPSA) is 57.5 Å². The van der Waals surface area contributed by atoms with Crippen molar-refractivity contribution in [2.24, 2.45) is 0 Å². The quantitative estimate of drug-likeness (QED) is 0.424. The molecule has 4 aromatic rings. The van der Waals surface area contributed by atoms with Gasteiger partial charge in [0, 0.05) is 0 Å². The number of hydrogen-bond acceptors (Lipinski definition) is 1. The van der Waals surface area contributed by atoms with Gasteiger partial charge in [0.1, 0.15) is 0 Å². The average Bonchev–Trinajstić information content (AvgIpc) is 2.62. The van der Waals surface area contributed by atoms with E-state index < -0.39 is 6.16 Å². The fourth-order valence-corrected chi connectivity index (χ4v) is 2.27. The minimum atomic E-state index is -1.83. The zero-order valence-electron chi connectivity index (χ0n) is 13.0. The standard InChI is InChI=1S/2C10H8.CH2O3/c2*1-2-6-10-8-4-3-7-9(10)5-1;2-1(3)4/h2*1-8H;(H2,2,3,4). The molecule has 4 aromatic carbocycles. The Bertz CT molecular complexity index is 710. The minimum absolute atomic E-state index is 1.31. The molecule has 0 spiro atoms. The molecule has 0 atom stereocenters. The number of hydrogen-bond donors (Lipinski definition) is 2. The number of benzene rings is 4. The first-order valence-corrected chi connectivity index (χ1v) is 7.46. The Hall–Kier alpha value is -3.33. The van der Waals surface area contributed by atoms with Crippen molar-refractivity contribution in [2.75, 3.05) is 0 Å². The Labute approximate surface area is 140 Å². The first-order chi connectivity index (χ1) is 11.7. The summed E-state index contributed by atoms with van der Waals surface area (Å²) >= 11 is 0. The summed E-state index contributed by atoms with van der Waals surface area (Å²) in [6, 6.07) is 33.4. The normalized spacial score (nSPS) is 9.33. The van der Waals surface area contributed by atoms with E-state index in [4.69, 9.17) is 15.0 Å². The number of carbonyl (C=O) groups is 1. The van der Waals surface area contributed by atoms with Gasteiger partial charge in [0.05, 0.1) is 0 Å². The Kier molecular flexibility index (Phi) is 6.35. The summed E-state index contributed by atoms with van der Waals surface area (Å²) in [4.78, 5) is 8.56. The lowest BCUT2D eigenvalue weighted by molar-refractivity contribution is 0.137. The third kappa shape index (κ3) is 5.46. The molecule has 2 N–H and O–H groups in total. The van der Waals surface area contributed by atoms with Crippen LogP contribution in [0.5, 0.6) is 0 Å². The van der Waals surface area contributed by atoms with Crippen LogP contribution < -0.4 is 0 Å². The second kappa shape index (κ2) is 8.96. The van der Waals surface area contributed by atoms with E-state index in [2.05, 4.69) is 97.1 Å². The number of carboxylic acid groups (broad SMARTS) is 2. The van der Waals surface area contributed by atoms with Gasteiger partial charge in [-0.05, 0) is 21.5 Å². The molecule has 0 bridgehead atoms. The molecule has 3 nitrogen and oxygen atoms in total. The summed E-state index contributed by atoms with van der Waals surface area (Å²) < 4.78 is 0.